The molecular formula is C65H114N20O14. The van der Waals surface area contributed by atoms with E-state index in [-0.39, 0.29) is 95.3 Å². The zero-order valence-corrected chi connectivity index (χ0v) is 59.5. The second-order valence-electron chi connectivity index (χ2n) is 27.0. The van der Waals surface area contributed by atoms with Crippen molar-refractivity contribution in [3.8, 4) is 0 Å². The van der Waals surface area contributed by atoms with Gasteiger partial charge in [-0.3, -0.25) is 62.5 Å². The minimum absolute atomic E-state index is 0.0429. The van der Waals surface area contributed by atoms with Gasteiger partial charge in [0.25, 0.3) is 0 Å². The van der Waals surface area contributed by atoms with Crippen molar-refractivity contribution in [2.24, 2.45) is 57.3 Å². The molecule has 1 aromatic heterocycles. The number of rotatable bonds is 43. The van der Waals surface area contributed by atoms with Crippen LogP contribution in [0.2, 0.25) is 0 Å². The molecule has 12 amide bonds. The van der Waals surface area contributed by atoms with Crippen molar-refractivity contribution in [1.82, 2.24) is 72.9 Å². The number of amides is 12. The molecule has 2 aliphatic heterocycles. The van der Waals surface area contributed by atoms with Gasteiger partial charge in [0, 0.05) is 37.9 Å². The van der Waals surface area contributed by atoms with Crippen molar-refractivity contribution in [3.63, 3.8) is 0 Å². The number of unbranched alkanes of at least 4 members (excludes halogenated alkanes) is 2. The minimum atomic E-state index is -1.33. The SMILES string of the molecule is CC[C@H](C)[C@H](NC(=O)[C@@H]1CCCN1C(=O)[C@H](Cc1cnc[nH]1)NC(=O)[C@H](CCCCN)NC(=O)[C@@H]1CCCN1C(=O)[C@H](CCCN=C(N)N)NC(=O)[C@H](C)NC(=O)[C@H](CC(C)C)NC(=O)[C@H](C)NC(=O)[C@@H](NC(=O)[C@H](C)NC(=O)[C@@H](N)C(C)C)C(C)C)C(=O)N[C@@H](CCCCN)C(=O)O. The second kappa shape index (κ2) is 42.4. The fourth-order valence-corrected chi connectivity index (χ4v) is 11.4. The van der Waals surface area contributed by atoms with Gasteiger partial charge in [0.05, 0.1) is 12.4 Å². The maximum Gasteiger partial charge on any atom is 0.326 e. The Bertz CT molecular complexity index is 2890. The minimum Gasteiger partial charge on any atom is -0.480 e. The Morgan fingerprint density at radius 1 is 0.545 bits per heavy atom. The number of hydrogen-bond donors (Lipinski definition) is 17. The molecule has 0 saturated carbocycles. The molecule has 3 rings (SSSR count). The molecule has 0 radical (unpaired) electrons. The number of nitrogens with one attached hydrogen (secondary N) is 11. The first-order valence-electron chi connectivity index (χ1n) is 34.7. The number of imidazole rings is 1. The van der Waals surface area contributed by atoms with Crippen molar-refractivity contribution in [2.75, 3.05) is 32.7 Å². The summed E-state index contributed by atoms with van der Waals surface area (Å²) >= 11 is 0. The molecule has 1 aromatic rings. The van der Waals surface area contributed by atoms with Crippen LogP contribution in [0.15, 0.2) is 17.5 Å². The first-order chi connectivity index (χ1) is 46.7. The first kappa shape index (κ1) is 84.7. The van der Waals surface area contributed by atoms with Crippen LogP contribution in [0.3, 0.4) is 0 Å². The molecular weight excluding hydrogens is 1280 g/mol. The third-order valence-electron chi connectivity index (χ3n) is 17.6. The fraction of sp³-hybridized carbons (Fsp3) is 0.738. The Labute approximate surface area is 580 Å². The summed E-state index contributed by atoms with van der Waals surface area (Å²) in [5.41, 5.74) is 29.0. The van der Waals surface area contributed by atoms with Gasteiger partial charge in [-0.1, -0.05) is 61.8 Å². The number of aromatic nitrogens is 2. The number of carbonyl (C=O) groups excluding carboxylic acids is 12. The van der Waals surface area contributed by atoms with Crippen LogP contribution < -0.4 is 81.8 Å². The summed E-state index contributed by atoms with van der Waals surface area (Å²) in [4.78, 5) is 194. The maximum absolute atomic E-state index is 14.8. The van der Waals surface area contributed by atoms with Crippen LogP contribution in [0.25, 0.3) is 0 Å². The largest absolute Gasteiger partial charge is 0.480 e. The summed E-state index contributed by atoms with van der Waals surface area (Å²) in [7, 11) is 0. The molecule has 0 spiro atoms. The van der Waals surface area contributed by atoms with Gasteiger partial charge in [0.1, 0.15) is 72.5 Å². The van der Waals surface area contributed by atoms with E-state index in [1.807, 2.05) is 6.92 Å². The number of carbonyl (C=O) groups is 13. The number of nitrogens with two attached hydrogens (primary N) is 5. The lowest BCUT2D eigenvalue weighted by atomic mass is 9.97. The number of nitrogens with zero attached hydrogens (tertiary/aromatic N) is 4. The molecule has 2 saturated heterocycles. The molecule has 2 aliphatic rings. The number of guanidine groups is 1. The van der Waals surface area contributed by atoms with E-state index in [0.29, 0.717) is 57.2 Å². The molecule has 0 unspecified atom stereocenters. The highest BCUT2D eigenvalue weighted by Gasteiger charge is 2.43. The molecule has 2 fully saturated rings. The molecule has 34 heteroatoms. The van der Waals surface area contributed by atoms with Crippen LogP contribution in [0, 0.1) is 23.7 Å². The van der Waals surface area contributed by atoms with E-state index in [1.165, 1.54) is 43.1 Å². The molecule has 14 atom stereocenters. The van der Waals surface area contributed by atoms with Crippen molar-refractivity contribution >= 4 is 82.8 Å². The summed E-state index contributed by atoms with van der Waals surface area (Å²) in [6.45, 7) is 19.0. The number of carboxylic acid groups (broad SMARTS) is 1. The Morgan fingerprint density at radius 2 is 1.01 bits per heavy atom. The van der Waals surface area contributed by atoms with Crippen LogP contribution >= 0.6 is 0 Å². The summed E-state index contributed by atoms with van der Waals surface area (Å²) in [5, 5.41) is 36.6. The number of carboxylic acids is 1. The van der Waals surface area contributed by atoms with Crippen molar-refractivity contribution in [1.29, 1.82) is 0 Å². The molecule has 99 heavy (non-hydrogen) atoms. The Balaban J connectivity index is 1.83. The smallest absolute Gasteiger partial charge is 0.326 e. The predicted molar refractivity (Wildman–Crippen MR) is 368 cm³/mol. The summed E-state index contributed by atoms with van der Waals surface area (Å²) < 4.78 is 0. The van der Waals surface area contributed by atoms with Crippen molar-refractivity contribution in [3.05, 3.63) is 18.2 Å². The van der Waals surface area contributed by atoms with E-state index >= 15 is 0 Å². The molecule has 0 aromatic carbocycles. The van der Waals surface area contributed by atoms with Gasteiger partial charge in [-0.2, -0.15) is 0 Å². The molecule has 22 N–H and O–H groups in total. The van der Waals surface area contributed by atoms with Gasteiger partial charge in [-0.25, -0.2) is 9.78 Å². The van der Waals surface area contributed by atoms with Gasteiger partial charge >= 0.3 is 5.97 Å². The first-order valence-corrected chi connectivity index (χ1v) is 34.7. The van der Waals surface area contributed by atoms with E-state index in [1.54, 1.807) is 48.5 Å². The topological polar surface area (TPSA) is 540 Å². The zero-order chi connectivity index (χ0) is 74.4. The highest BCUT2D eigenvalue weighted by Crippen LogP contribution is 2.24. The van der Waals surface area contributed by atoms with E-state index < -0.39 is 167 Å². The number of likely N-dealkylation sites (tertiary alicyclic amines) is 2. The number of aliphatic imine (C=N–C) groups is 1. The van der Waals surface area contributed by atoms with Gasteiger partial charge in [0.15, 0.2) is 5.96 Å². The van der Waals surface area contributed by atoms with E-state index in [2.05, 4.69) is 68.1 Å². The average Bonchev–Trinajstić information content (AvgIpc) is 1.74. The van der Waals surface area contributed by atoms with E-state index in [9.17, 15) is 67.4 Å². The highest BCUT2D eigenvalue weighted by atomic mass is 16.4. The maximum atomic E-state index is 14.8. The number of H-pyrrole nitrogens is 1. The van der Waals surface area contributed by atoms with Crippen molar-refractivity contribution < 1.29 is 67.4 Å². The molecule has 3 heterocycles. The lowest BCUT2D eigenvalue weighted by Crippen LogP contribution is -2.61. The van der Waals surface area contributed by atoms with Crippen LogP contribution in [-0.2, 0) is 68.7 Å². The third-order valence-corrected chi connectivity index (χ3v) is 17.6. The lowest BCUT2D eigenvalue weighted by Gasteiger charge is -2.32. The quantitative estimate of drug-likeness (QED) is 0.0176. The van der Waals surface area contributed by atoms with Gasteiger partial charge < -0.3 is 102 Å². The Hall–Kier alpha value is -8.53. The van der Waals surface area contributed by atoms with Crippen LogP contribution in [0.1, 0.15) is 172 Å². The monoisotopic (exact) mass is 1400 g/mol. The summed E-state index contributed by atoms with van der Waals surface area (Å²) in [6, 6.07) is -15.4. The normalized spacial score (nSPS) is 18.1. The zero-order valence-electron chi connectivity index (χ0n) is 59.5. The summed E-state index contributed by atoms with van der Waals surface area (Å²) in [5.74, 6) is -11.2. The van der Waals surface area contributed by atoms with E-state index in [0.717, 1.165) is 0 Å². The van der Waals surface area contributed by atoms with Crippen LogP contribution in [0.5, 0.6) is 0 Å². The van der Waals surface area contributed by atoms with Gasteiger partial charge in [-0.05, 0) is 141 Å². The van der Waals surface area contributed by atoms with Crippen molar-refractivity contribution in [2.45, 2.75) is 251 Å². The van der Waals surface area contributed by atoms with Crippen LogP contribution in [-0.4, -0.2) is 219 Å². The standard InChI is InChI=1S/C65H114N20O14/c1-12-37(8)51(61(95)79-44(64(98)99)21-14-16-26-67)83-58(92)48-24-19-29-85(48)63(97)46(31-41-32-71-33-73-41)81-55(89)42(20-13-15-25-66)77-57(91)47-23-18-28-84(47)62(96)43(22-17-27-72-65(69)70)78-52(86)38(9)74-56(90)45(30-34(2)3)80-53(87)39(10)76-60(94)50(36(6)7)82-54(88)40(11)75-59(93)49(68)35(4)5/h32-40,42-51H,12-31,66-68H2,1-11H3,(H,71,73)(H,74,90)(H,75,93)(H,76,94)(H,77,91)(H,78,86)(H,79,95)(H,80,87)(H,81,89)(H,82,88)(H,83,92)(H,98,99)(H4,69,70,72)/t37-,38-,39-,40-,42-,43-,44-,45-,46-,47-,48-,49-,50-,51-/m0/s1. The van der Waals surface area contributed by atoms with E-state index in [4.69, 9.17) is 28.7 Å². The number of aliphatic carboxylic acids is 1. The highest BCUT2D eigenvalue weighted by molar-refractivity contribution is 6.00. The Kier molecular flexibility index (Phi) is 36.3. The number of aromatic amines is 1. The lowest BCUT2D eigenvalue weighted by molar-refractivity contribution is -0.144. The fourth-order valence-electron chi connectivity index (χ4n) is 11.4. The predicted octanol–water partition coefficient (Wildman–Crippen LogP) is -3.03. The van der Waals surface area contributed by atoms with Crippen LogP contribution in [0.4, 0.5) is 0 Å². The third kappa shape index (κ3) is 27.6. The molecule has 34 nitrogen and oxygen atoms in total. The molecule has 0 bridgehead atoms. The summed E-state index contributed by atoms with van der Waals surface area (Å²) in [6.07, 6.45) is 6.42. The molecule has 558 valence electrons. The van der Waals surface area contributed by atoms with Gasteiger partial charge in [0.2, 0.25) is 70.9 Å². The van der Waals surface area contributed by atoms with Gasteiger partial charge in [-0.15, -0.1) is 0 Å². The average molecular weight is 1400 g/mol. The Morgan fingerprint density at radius 3 is 1.51 bits per heavy atom. The second-order valence-corrected chi connectivity index (χ2v) is 27.0. The number of hydrogen-bond acceptors (Lipinski definition) is 18. The molecule has 0 aliphatic carbocycles.